The Morgan fingerprint density at radius 3 is 3.24 bits per heavy atom. The van der Waals surface area contributed by atoms with E-state index in [1.807, 2.05) is 12.1 Å². The van der Waals surface area contributed by atoms with Crippen LogP contribution in [0.2, 0.25) is 0 Å². The van der Waals surface area contributed by atoms with Crippen LogP contribution >= 0.6 is 11.3 Å². The zero-order valence-corrected chi connectivity index (χ0v) is 10.7. The number of aromatic nitrogens is 1. The maximum atomic E-state index is 5.34. The van der Waals surface area contributed by atoms with Crippen LogP contribution in [0.1, 0.15) is 17.8 Å². The molecule has 1 atom stereocenters. The number of methoxy groups -OCH3 is 1. The molecule has 1 unspecified atom stereocenters. The van der Waals surface area contributed by atoms with Gasteiger partial charge in [-0.15, -0.1) is 11.3 Å². The molecule has 90 valence electrons. The Balaban J connectivity index is 1.90. The summed E-state index contributed by atoms with van der Waals surface area (Å²) < 4.78 is 6.56. The van der Waals surface area contributed by atoms with Crippen molar-refractivity contribution >= 4 is 21.6 Å². The van der Waals surface area contributed by atoms with Crippen LogP contribution in [-0.4, -0.2) is 24.7 Å². The van der Waals surface area contributed by atoms with Crippen LogP contribution < -0.4 is 10.1 Å². The van der Waals surface area contributed by atoms with Gasteiger partial charge in [0.1, 0.15) is 11.3 Å². The van der Waals surface area contributed by atoms with Gasteiger partial charge in [-0.25, -0.2) is 4.98 Å². The van der Waals surface area contributed by atoms with Gasteiger partial charge >= 0.3 is 0 Å². The number of hydrogen-bond donors (Lipinski definition) is 1. The number of rotatable bonds is 3. The van der Waals surface area contributed by atoms with Crippen LogP contribution in [0.3, 0.4) is 0 Å². The van der Waals surface area contributed by atoms with Crippen molar-refractivity contribution in [3.05, 3.63) is 23.2 Å². The van der Waals surface area contributed by atoms with E-state index < -0.39 is 0 Å². The normalized spacial score (nSPS) is 19.9. The zero-order valence-electron chi connectivity index (χ0n) is 9.90. The average Bonchev–Trinajstić information content (AvgIpc) is 2.97. The Morgan fingerprint density at radius 2 is 2.47 bits per heavy atom. The first-order valence-electron chi connectivity index (χ1n) is 6.02. The molecule has 1 aliphatic rings. The first-order chi connectivity index (χ1) is 8.36. The summed E-state index contributed by atoms with van der Waals surface area (Å²) in [5.74, 6) is 0.879. The van der Waals surface area contributed by atoms with Gasteiger partial charge in [0, 0.05) is 12.5 Å². The summed E-state index contributed by atoms with van der Waals surface area (Å²) in [4.78, 5) is 4.70. The summed E-state index contributed by atoms with van der Waals surface area (Å²) in [6.45, 7) is 1.15. The fraction of sp³-hybridized carbons (Fsp3) is 0.462. The molecular weight excluding hydrogens is 232 g/mol. The molecule has 0 spiro atoms. The molecular formula is C13H16N2OS. The molecule has 0 radical (unpaired) electrons. The van der Waals surface area contributed by atoms with Crippen molar-refractivity contribution in [3.63, 3.8) is 0 Å². The van der Waals surface area contributed by atoms with Crippen molar-refractivity contribution in [3.8, 4) is 5.75 Å². The second kappa shape index (κ2) is 4.63. The number of benzene rings is 1. The first-order valence-corrected chi connectivity index (χ1v) is 6.84. The van der Waals surface area contributed by atoms with Gasteiger partial charge in [0.15, 0.2) is 0 Å². The Kier molecular flexibility index (Phi) is 2.99. The summed E-state index contributed by atoms with van der Waals surface area (Å²) in [6, 6.07) is 6.72. The number of nitrogens with one attached hydrogen (secondary N) is 1. The highest BCUT2D eigenvalue weighted by Crippen LogP contribution is 2.30. The van der Waals surface area contributed by atoms with Gasteiger partial charge in [0.25, 0.3) is 0 Å². The molecule has 2 heterocycles. The Morgan fingerprint density at radius 1 is 1.53 bits per heavy atom. The Bertz CT molecular complexity index is 517. The van der Waals surface area contributed by atoms with E-state index in [0.29, 0.717) is 6.04 Å². The molecule has 3 rings (SSSR count). The van der Waals surface area contributed by atoms with Crippen LogP contribution in [0.4, 0.5) is 0 Å². The molecule has 1 aliphatic heterocycles. The van der Waals surface area contributed by atoms with Crippen molar-refractivity contribution in [1.82, 2.24) is 10.3 Å². The molecule has 1 fully saturated rings. The first kappa shape index (κ1) is 11.0. The number of thiazole rings is 1. The lowest BCUT2D eigenvalue weighted by Crippen LogP contribution is -2.23. The van der Waals surface area contributed by atoms with Crippen LogP contribution in [0, 0.1) is 0 Å². The molecule has 2 aromatic rings. The van der Waals surface area contributed by atoms with Gasteiger partial charge in [0.05, 0.1) is 16.8 Å². The highest BCUT2D eigenvalue weighted by atomic mass is 32.1. The summed E-state index contributed by atoms with van der Waals surface area (Å²) >= 11 is 1.78. The minimum Gasteiger partial charge on any atom is -0.494 e. The number of fused-ring (bicyclic) bond motifs is 1. The van der Waals surface area contributed by atoms with Gasteiger partial charge < -0.3 is 10.1 Å². The molecule has 0 saturated carbocycles. The highest BCUT2D eigenvalue weighted by molar-refractivity contribution is 7.18. The molecule has 4 heteroatoms. The van der Waals surface area contributed by atoms with E-state index in [0.717, 1.165) is 24.2 Å². The second-order valence-corrected chi connectivity index (χ2v) is 5.53. The fourth-order valence-corrected chi connectivity index (χ4v) is 3.43. The van der Waals surface area contributed by atoms with Gasteiger partial charge in [0.2, 0.25) is 0 Å². The monoisotopic (exact) mass is 248 g/mol. The smallest absolute Gasteiger partial charge is 0.145 e. The van der Waals surface area contributed by atoms with E-state index in [2.05, 4.69) is 11.4 Å². The summed E-state index contributed by atoms with van der Waals surface area (Å²) in [7, 11) is 1.70. The van der Waals surface area contributed by atoms with Gasteiger partial charge in [-0.05, 0) is 31.5 Å². The van der Waals surface area contributed by atoms with Gasteiger partial charge in [-0.1, -0.05) is 6.07 Å². The lowest BCUT2D eigenvalue weighted by Gasteiger charge is -2.06. The number of para-hydroxylation sites is 1. The highest BCUT2D eigenvalue weighted by Gasteiger charge is 2.17. The quantitative estimate of drug-likeness (QED) is 0.906. The van der Waals surface area contributed by atoms with Gasteiger partial charge in [-0.3, -0.25) is 0 Å². The zero-order chi connectivity index (χ0) is 11.7. The number of hydrogen-bond acceptors (Lipinski definition) is 4. The average molecular weight is 248 g/mol. The predicted octanol–water partition coefficient (Wildman–Crippen LogP) is 2.60. The van der Waals surface area contributed by atoms with Crippen molar-refractivity contribution in [2.75, 3.05) is 13.7 Å². The molecule has 0 amide bonds. The lowest BCUT2D eigenvalue weighted by atomic mass is 10.2. The van der Waals surface area contributed by atoms with Gasteiger partial charge in [-0.2, -0.15) is 0 Å². The molecule has 3 nitrogen and oxygen atoms in total. The van der Waals surface area contributed by atoms with E-state index in [1.165, 1.54) is 22.5 Å². The molecule has 0 bridgehead atoms. The minimum atomic E-state index is 0.613. The lowest BCUT2D eigenvalue weighted by molar-refractivity contribution is 0.419. The van der Waals surface area contributed by atoms with Crippen LogP contribution in [0.15, 0.2) is 18.2 Å². The predicted molar refractivity (Wildman–Crippen MR) is 70.9 cm³/mol. The van der Waals surface area contributed by atoms with E-state index >= 15 is 0 Å². The van der Waals surface area contributed by atoms with Crippen molar-refractivity contribution in [1.29, 1.82) is 0 Å². The van der Waals surface area contributed by atoms with E-state index in [9.17, 15) is 0 Å². The third-order valence-electron chi connectivity index (χ3n) is 3.23. The Labute approximate surface area is 105 Å². The SMILES string of the molecule is COc1cccc2sc(CC3CCCN3)nc12. The van der Waals surface area contributed by atoms with Crippen LogP contribution in [-0.2, 0) is 6.42 Å². The molecule has 1 saturated heterocycles. The minimum absolute atomic E-state index is 0.613. The topological polar surface area (TPSA) is 34.1 Å². The maximum absolute atomic E-state index is 5.34. The van der Waals surface area contributed by atoms with E-state index in [1.54, 1.807) is 18.4 Å². The summed E-state index contributed by atoms with van der Waals surface area (Å²) in [6.07, 6.45) is 3.61. The molecule has 0 aliphatic carbocycles. The Hall–Kier alpha value is -1.13. The summed E-state index contributed by atoms with van der Waals surface area (Å²) in [5, 5.41) is 4.73. The summed E-state index contributed by atoms with van der Waals surface area (Å²) in [5.41, 5.74) is 1.01. The second-order valence-electron chi connectivity index (χ2n) is 4.41. The third-order valence-corrected chi connectivity index (χ3v) is 4.27. The number of ether oxygens (including phenoxy) is 1. The molecule has 1 N–H and O–H groups in total. The fourth-order valence-electron chi connectivity index (χ4n) is 2.36. The van der Waals surface area contributed by atoms with Crippen molar-refractivity contribution in [2.24, 2.45) is 0 Å². The van der Waals surface area contributed by atoms with Crippen molar-refractivity contribution in [2.45, 2.75) is 25.3 Å². The largest absolute Gasteiger partial charge is 0.494 e. The van der Waals surface area contributed by atoms with Crippen molar-refractivity contribution < 1.29 is 4.74 Å². The van der Waals surface area contributed by atoms with Crippen LogP contribution in [0.5, 0.6) is 5.75 Å². The van der Waals surface area contributed by atoms with Crippen LogP contribution in [0.25, 0.3) is 10.2 Å². The molecule has 1 aromatic carbocycles. The van der Waals surface area contributed by atoms with E-state index in [-0.39, 0.29) is 0 Å². The third kappa shape index (κ3) is 2.15. The number of nitrogens with zero attached hydrogens (tertiary/aromatic N) is 1. The molecule has 1 aromatic heterocycles. The maximum Gasteiger partial charge on any atom is 0.145 e. The molecule has 17 heavy (non-hydrogen) atoms. The standard InChI is InChI=1S/C13H16N2OS/c1-16-10-5-2-6-11-13(10)15-12(17-11)8-9-4-3-7-14-9/h2,5-6,9,14H,3-4,7-8H2,1H3. The van der Waals surface area contributed by atoms with E-state index in [4.69, 9.17) is 9.72 Å².